The molecular weight excluding hydrogens is 274 g/mol. The number of hydrogen-bond acceptors (Lipinski definition) is 2. The van der Waals surface area contributed by atoms with Gasteiger partial charge in [0.05, 0.1) is 5.01 Å². The molecule has 1 aliphatic rings. The first-order valence-electron chi connectivity index (χ1n) is 7.64. The zero-order valence-electron chi connectivity index (χ0n) is 12.3. The average Bonchev–Trinajstić information content (AvgIpc) is 2.83. The molecule has 3 heteroatoms. The summed E-state index contributed by atoms with van der Waals surface area (Å²) in [6.45, 7) is 4.37. The molecule has 0 amide bonds. The number of hydrogen-bond donors (Lipinski definition) is 0. The van der Waals surface area contributed by atoms with Crippen LogP contribution in [0, 0.1) is 18.3 Å². The fraction of sp³-hybridized carbons (Fsp3) is 0.812. The highest BCUT2D eigenvalue weighted by Gasteiger charge is 2.35. The van der Waals surface area contributed by atoms with Crippen molar-refractivity contribution in [3.8, 4) is 0 Å². The van der Waals surface area contributed by atoms with Gasteiger partial charge in [-0.2, -0.15) is 0 Å². The van der Waals surface area contributed by atoms with Crippen LogP contribution in [0.1, 0.15) is 62.6 Å². The highest BCUT2D eigenvalue weighted by Crippen LogP contribution is 2.44. The van der Waals surface area contributed by atoms with Gasteiger partial charge in [0.25, 0.3) is 0 Å². The van der Waals surface area contributed by atoms with E-state index in [0.717, 1.165) is 23.9 Å². The summed E-state index contributed by atoms with van der Waals surface area (Å²) in [5.74, 6) is 1.75. The molecule has 0 atom stereocenters. The van der Waals surface area contributed by atoms with E-state index in [-0.39, 0.29) is 0 Å². The van der Waals surface area contributed by atoms with Crippen molar-refractivity contribution in [1.29, 1.82) is 0 Å². The van der Waals surface area contributed by atoms with Gasteiger partial charge in [-0.05, 0) is 43.9 Å². The maximum absolute atomic E-state index is 6.32. The Hall–Kier alpha value is -0.0800. The van der Waals surface area contributed by atoms with Crippen LogP contribution in [0.15, 0.2) is 5.38 Å². The second-order valence-electron chi connectivity index (χ2n) is 6.28. The third-order valence-corrected chi connectivity index (χ3v) is 6.14. The van der Waals surface area contributed by atoms with Gasteiger partial charge in [0.1, 0.15) is 0 Å². The van der Waals surface area contributed by atoms with Gasteiger partial charge in [-0.3, -0.25) is 0 Å². The van der Waals surface area contributed by atoms with Crippen LogP contribution in [0.3, 0.4) is 0 Å². The van der Waals surface area contributed by atoms with Crippen LogP contribution in [-0.2, 0) is 6.42 Å². The molecule has 1 aromatic rings. The Morgan fingerprint density at radius 1 is 1.42 bits per heavy atom. The summed E-state index contributed by atoms with van der Waals surface area (Å²) in [4.78, 5) is 4.63. The summed E-state index contributed by atoms with van der Waals surface area (Å²) in [7, 11) is 0. The lowest BCUT2D eigenvalue weighted by molar-refractivity contribution is 0.166. The first kappa shape index (κ1) is 15.3. The van der Waals surface area contributed by atoms with Crippen LogP contribution < -0.4 is 0 Å². The summed E-state index contributed by atoms with van der Waals surface area (Å²) in [6.07, 6.45) is 10.6. The Morgan fingerprint density at radius 2 is 2.16 bits per heavy atom. The molecule has 1 saturated carbocycles. The van der Waals surface area contributed by atoms with Crippen LogP contribution >= 0.6 is 22.9 Å². The predicted molar refractivity (Wildman–Crippen MR) is 85.2 cm³/mol. The van der Waals surface area contributed by atoms with E-state index in [1.807, 2.05) is 0 Å². The van der Waals surface area contributed by atoms with Gasteiger partial charge in [-0.1, -0.05) is 26.2 Å². The Kier molecular flexibility index (Phi) is 5.70. The molecule has 1 aliphatic carbocycles. The van der Waals surface area contributed by atoms with E-state index in [9.17, 15) is 0 Å². The summed E-state index contributed by atoms with van der Waals surface area (Å²) in [5, 5.41) is 3.44. The Morgan fingerprint density at radius 3 is 2.68 bits per heavy atom. The monoisotopic (exact) mass is 299 g/mol. The first-order valence-corrected chi connectivity index (χ1v) is 9.06. The number of thiazole rings is 1. The largest absolute Gasteiger partial charge is 0.247 e. The van der Waals surface area contributed by atoms with Crippen LogP contribution in [0.5, 0.6) is 0 Å². The van der Waals surface area contributed by atoms with Gasteiger partial charge in [0.2, 0.25) is 0 Å². The Bertz CT molecular complexity index is 380. The van der Waals surface area contributed by atoms with Gasteiger partial charge in [0.15, 0.2) is 0 Å². The average molecular weight is 300 g/mol. The number of halogens is 1. The Labute approximate surface area is 126 Å². The molecule has 19 heavy (non-hydrogen) atoms. The second kappa shape index (κ2) is 7.08. The minimum atomic E-state index is 0.328. The van der Waals surface area contributed by atoms with Crippen molar-refractivity contribution >= 4 is 22.9 Å². The molecule has 1 fully saturated rings. The van der Waals surface area contributed by atoms with Crippen molar-refractivity contribution < 1.29 is 0 Å². The van der Waals surface area contributed by atoms with Crippen molar-refractivity contribution in [2.75, 3.05) is 5.88 Å². The molecule has 0 radical (unpaired) electrons. The SMILES string of the molecule is CCCCC1CCC(CCl)(Cc2nc(C)cs2)CC1. The minimum Gasteiger partial charge on any atom is -0.247 e. The van der Waals surface area contributed by atoms with E-state index >= 15 is 0 Å². The fourth-order valence-electron chi connectivity index (χ4n) is 3.23. The maximum atomic E-state index is 6.32. The minimum absolute atomic E-state index is 0.328. The highest BCUT2D eigenvalue weighted by molar-refractivity contribution is 7.09. The summed E-state index contributed by atoms with van der Waals surface area (Å²) in [5.41, 5.74) is 1.48. The van der Waals surface area contributed by atoms with Crippen LogP contribution in [0.2, 0.25) is 0 Å². The van der Waals surface area contributed by atoms with E-state index < -0.39 is 0 Å². The third kappa shape index (κ3) is 4.19. The molecule has 1 heterocycles. The van der Waals surface area contributed by atoms with Crippen molar-refractivity contribution in [2.24, 2.45) is 11.3 Å². The number of aryl methyl sites for hydroxylation is 1. The zero-order chi connectivity index (χ0) is 13.7. The lowest BCUT2D eigenvalue weighted by Gasteiger charge is -2.38. The van der Waals surface area contributed by atoms with E-state index in [4.69, 9.17) is 11.6 Å². The molecule has 0 aliphatic heterocycles. The molecule has 108 valence electrons. The number of aromatic nitrogens is 1. The lowest BCUT2D eigenvalue weighted by Crippen LogP contribution is -2.31. The van der Waals surface area contributed by atoms with Gasteiger partial charge in [0, 0.05) is 23.4 Å². The van der Waals surface area contributed by atoms with Gasteiger partial charge >= 0.3 is 0 Å². The number of nitrogens with zero attached hydrogens (tertiary/aromatic N) is 1. The molecule has 0 unspecified atom stereocenters. The molecule has 1 aromatic heterocycles. The number of unbranched alkanes of at least 4 members (excludes halogenated alkanes) is 1. The number of alkyl halides is 1. The van der Waals surface area contributed by atoms with Crippen LogP contribution in [0.4, 0.5) is 0 Å². The smallest absolute Gasteiger partial charge is 0.0934 e. The van der Waals surface area contributed by atoms with Crippen molar-refractivity contribution in [3.05, 3.63) is 16.1 Å². The fourth-order valence-corrected chi connectivity index (χ4v) is 4.54. The third-order valence-electron chi connectivity index (χ3n) is 4.61. The standard InChI is InChI=1S/C16H26ClNS/c1-3-4-5-14-6-8-16(12-17,9-7-14)10-15-18-13(2)11-19-15/h11,14H,3-10,12H2,1-2H3. The zero-order valence-corrected chi connectivity index (χ0v) is 13.8. The normalized spacial score (nSPS) is 27.6. The van der Waals surface area contributed by atoms with Crippen molar-refractivity contribution in [1.82, 2.24) is 4.98 Å². The number of rotatable bonds is 6. The van der Waals surface area contributed by atoms with Crippen LogP contribution in [-0.4, -0.2) is 10.9 Å². The van der Waals surface area contributed by atoms with Gasteiger partial charge < -0.3 is 0 Å². The second-order valence-corrected chi connectivity index (χ2v) is 7.49. The predicted octanol–water partition coefficient (Wildman–Crippen LogP) is 5.60. The summed E-state index contributed by atoms with van der Waals surface area (Å²) in [6, 6.07) is 0. The van der Waals surface area contributed by atoms with Crippen molar-refractivity contribution in [3.63, 3.8) is 0 Å². The lowest BCUT2D eigenvalue weighted by atomic mass is 9.69. The van der Waals surface area contributed by atoms with Gasteiger partial charge in [-0.15, -0.1) is 22.9 Å². The maximum Gasteiger partial charge on any atom is 0.0934 e. The molecule has 0 saturated heterocycles. The van der Waals surface area contributed by atoms with Gasteiger partial charge in [-0.25, -0.2) is 4.98 Å². The van der Waals surface area contributed by atoms with E-state index in [2.05, 4.69) is 24.2 Å². The van der Waals surface area contributed by atoms with E-state index in [0.29, 0.717) is 5.41 Å². The topological polar surface area (TPSA) is 12.9 Å². The van der Waals surface area contributed by atoms with Crippen LogP contribution in [0.25, 0.3) is 0 Å². The molecule has 0 bridgehead atoms. The summed E-state index contributed by atoms with van der Waals surface area (Å²) >= 11 is 8.12. The Balaban J connectivity index is 1.90. The van der Waals surface area contributed by atoms with E-state index in [1.165, 1.54) is 50.0 Å². The molecular formula is C16H26ClNS. The molecule has 0 spiro atoms. The molecule has 0 N–H and O–H groups in total. The molecule has 2 rings (SSSR count). The quantitative estimate of drug-likeness (QED) is 0.623. The first-order chi connectivity index (χ1) is 9.17. The molecule has 1 nitrogen and oxygen atoms in total. The summed E-state index contributed by atoms with van der Waals surface area (Å²) < 4.78 is 0. The molecule has 0 aromatic carbocycles. The van der Waals surface area contributed by atoms with E-state index in [1.54, 1.807) is 11.3 Å². The highest BCUT2D eigenvalue weighted by atomic mass is 35.5. The van der Waals surface area contributed by atoms with Crippen molar-refractivity contribution in [2.45, 2.75) is 65.2 Å².